The van der Waals surface area contributed by atoms with Crippen LogP contribution in [0, 0.1) is 0 Å². The summed E-state index contributed by atoms with van der Waals surface area (Å²) in [6.07, 6.45) is 0. The third-order valence-electron chi connectivity index (χ3n) is 9.44. The Balaban J connectivity index is 0.00000155. The van der Waals surface area contributed by atoms with Crippen LogP contribution in [0.15, 0.2) is 192 Å². The van der Waals surface area contributed by atoms with Crippen molar-refractivity contribution >= 4 is 89.2 Å². The van der Waals surface area contributed by atoms with Crippen molar-refractivity contribution in [2.24, 2.45) is 17.0 Å². The van der Waals surface area contributed by atoms with Crippen LogP contribution in [0.25, 0.3) is 0 Å². The Morgan fingerprint density at radius 2 is 0.660 bits per heavy atom. The van der Waals surface area contributed by atoms with Gasteiger partial charge in [-0.3, -0.25) is 9.98 Å². The second kappa shape index (κ2) is 18.8. The molecule has 7 rings (SSSR count). The van der Waals surface area contributed by atoms with E-state index in [1.807, 2.05) is 0 Å². The van der Waals surface area contributed by atoms with Crippen molar-refractivity contribution in [2.45, 2.75) is 13.8 Å². The van der Waals surface area contributed by atoms with Crippen molar-refractivity contribution in [3.63, 3.8) is 0 Å². The van der Waals surface area contributed by atoms with Crippen LogP contribution in [0.3, 0.4) is 0 Å². The van der Waals surface area contributed by atoms with Gasteiger partial charge in [-0.2, -0.15) is 0 Å². The molecular weight excluding hydrogens is 731 g/mol. The monoisotopic (exact) mass is 769 g/mol. The first-order chi connectivity index (χ1) is 26.0. The molecule has 0 amide bonds. The molecule has 0 spiro atoms. The molecule has 1 aromatic heterocycles. The first kappa shape index (κ1) is 37.9. The summed E-state index contributed by atoms with van der Waals surface area (Å²) in [4.78, 5) is 10.0. The molecule has 7 aromatic rings. The maximum absolute atomic E-state index is 5.02. The van der Waals surface area contributed by atoms with Crippen molar-refractivity contribution in [3.8, 4) is 0 Å². The SMILES string of the molecule is CC(=Nc1ccc(B(c2ccccc2)c2ccccc2)cc1)c1ccc(C(C)=Nc2ccc(B(c3ccccc3)c3ccccc3)cc2)n1C.[Cl][Fe][Cl]. The second-order valence-electron chi connectivity index (χ2n) is 12.8. The number of aromatic nitrogens is 1. The number of nitrogens with zero attached hydrogens (tertiary/aromatic N) is 3. The predicted octanol–water partition coefficient (Wildman–Crippen LogP) is 7.72. The van der Waals surface area contributed by atoms with E-state index in [1.54, 1.807) is 0 Å². The molecule has 0 aliphatic carbocycles. The van der Waals surface area contributed by atoms with Crippen LogP contribution in [-0.2, 0) is 20.2 Å². The molecule has 8 heteroatoms. The van der Waals surface area contributed by atoms with Gasteiger partial charge in [0.25, 0.3) is 0 Å². The molecular formula is C45H39B2Cl2FeN3. The standard InChI is InChI=1S/C45H39B2N3.2ClH.Fe/c1-34(48-42-28-24-40(25-29-42)46(36-16-8-4-9-17-36)37-18-10-5-11-19-37)44-32-33-45(50(44)3)35(2)49-43-30-26-41(27-31-43)47(38-20-12-6-13-21-38)39-22-14-7-15-23-39;;;/h4-33H,1-3H3;2*1H;/q;;;+2/p-2. The summed E-state index contributed by atoms with van der Waals surface area (Å²) in [5, 5.41) is 0. The number of rotatable bonds is 10. The molecule has 6 aromatic carbocycles. The van der Waals surface area contributed by atoms with E-state index in [9.17, 15) is 0 Å². The number of hydrogen-bond donors (Lipinski definition) is 0. The van der Waals surface area contributed by atoms with Gasteiger partial charge in [-0.1, -0.05) is 178 Å². The van der Waals surface area contributed by atoms with Gasteiger partial charge in [0.15, 0.2) is 0 Å². The fourth-order valence-corrected chi connectivity index (χ4v) is 6.96. The summed E-state index contributed by atoms with van der Waals surface area (Å²) in [5.74, 6) is 0. The van der Waals surface area contributed by atoms with Gasteiger partial charge in [0.05, 0.1) is 34.2 Å². The van der Waals surface area contributed by atoms with Crippen molar-refractivity contribution in [3.05, 3.63) is 193 Å². The Morgan fingerprint density at radius 1 is 0.415 bits per heavy atom. The number of hydrogen-bond acceptors (Lipinski definition) is 2. The molecule has 262 valence electrons. The quantitative estimate of drug-likeness (QED) is 0.101. The van der Waals surface area contributed by atoms with Crippen molar-refractivity contribution in [2.75, 3.05) is 0 Å². The van der Waals surface area contributed by atoms with E-state index in [4.69, 9.17) is 30.2 Å². The fraction of sp³-hybridized carbons (Fsp3) is 0.0667. The van der Waals surface area contributed by atoms with Gasteiger partial charge < -0.3 is 4.57 Å². The number of halogens is 2. The molecule has 0 saturated carbocycles. The minimum absolute atomic E-state index is 0.166. The summed E-state index contributed by atoms with van der Waals surface area (Å²) in [6.45, 7) is 4.48. The molecule has 0 aliphatic heterocycles. The van der Waals surface area contributed by atoms with Crippen molar-refractivity contribution < 1.29 is 13.1 Å². The maximum atomic E-state index is 5.02. The molecule has 1 heterocycles. The van der Waals surface area contributed by atoms with E-state index >= 15 is 0 Å². The second-order valence-corrected chi connectivity index (χ2v) is 14.6. The zero-order chi connectivity index (χ0) is 37.0. The van der Waals surface area contributed by atoms with Crippen LogP contribution in [-0.4, -0.2) is 29.4 Å². The summed E-state index contributed by atoms with van der Waals surface area (Å²) in [5.41, 5.74) is 13.5. The Hall–Kier alpha value is -4.83. The van der Waals surface area contributed by atoms with E-state index in [1.165, 1.54) is 32.8 Å². The summed E-state index contributed by atoms with van der Waals surface area (Å²) in [6, 6.07) is 64.4. The third kappa shape index (κ3) is 9.59. The van der Waals surface area contributed by atoms with E-state index in [0.717, 1.165) is 34.2 Å². The summed E-state index contributed by atoms with van der Waals surface area (Å²) < 4.78 is 2.18. The van der Waals surface area contributed by atoms with E-state index in [-0.39, 0.29) is 26.6 Å². The van der Waals surface area contributed by atoms with E-state index < -0.39 is 0 Å². The summed E-state index contributed by atoms with van der Waals surface area (Å²) >= 11 is 0.194. The molecule has 0 unspecified atom stereocenters. The molecule has 0 atom stereocenters. The van der Waals surface area contributed by atoms with Crippen LogP contribution in [0.1, 0.15) is 25.2 Å². The molecule has 3 nitrogen and oxygen atoms in total. The minimum atomic E-state index is 0.166. The van der Waals surface area contributed by atoms with Crippen LogP contribution in [0.2, 0.25) is 0 Å². The van der Waals surface area contributed by atoms with Crippen LogP contribution < -0.4 is 32.8 Å². The van der Waals surface area contributed by atoms with Crippen molar-refractivity contribution in [1.82, 2.24) is 4.57 Å². The molecule has 0 bridgehead atoms. The summed E-state index contributed by atoms with van der Waals surface area (Å²) in [7, 11) is 11.6. The van der Waals surface area contributed by atoms with Gasteiger partial charge >= 0.3 is 33.3 Å². The average molecular weight is 770 g/mol. The van der Waals surface area contributed by atoms with Gasteiger partial charge in [0.1, 0.15) is 0 Å². The normalized spacial score (nSPS) is 11.5. The molecule has 0 aliphatic rings. The Kier molecular flexibility index (Phi) is 13.4. The molecule has 0 N–H and O–H groups in total. The van der Waals surface area contributed by atoms with Gasteiger partial charge in [0, 0.05) is 7.05 Å². The van der Waals surface area contributed by atoms with Crippen LogP contribution in [0.4, 0.5) is 11.4 Å². The van der Waals surface area contributed by atoms with Gasteiger partial charge in [0.2, 0.25) is 13.4 Å². The first-order valence-electron chi connectivity index (χ1n) is 17.5. The Bertz CT molecular complexity index is 2010. The first-order valence-corrected chi connectivity index (χ1v) is 20.5. The number of benzene rings is 6. The topological polar surface area (TPSA) is 29.6 Å². The molecule has 0 fully saturated rings. The zero-order valence-corrected chi connectivity index (χ0v) is 32.5. The fourth-order valence-electron chi connectivity index (χ4n) is 6.96. The zero-order valence-electron chi connectivity index (χ0n) is 29.9. The molecule has 0 saturated heterocycles. The van der Waals surface area contributed by atoms with Crippen LogP contribution >= 0.6 is 20.2 Å². The molecule has 0 radical (unpaired) electrons. The Labute approximate surface area is 329 Å². The van der Waals surface area contributed by atoms with Gasteiger partial charge in [-0.15, -0.1) is 0 Å². The Morgan fingerprint density at radius 3 is 0.925 bits per heavy atom. The van der Waals surface area contributed by atoms with Gasteiger partial charge in [-0.05, 0) is 50.2 Å². The van der Waals surface area contributed by atoms with Gasteiger partial charge in [-0.25, -0.2) is 0 Å². The average Bonchev–Trinajstić information content (AvgIpc) is 3.60. The van der Waals surface area contributed by atoms with Crippen molar-refractivity contribution in [1.29, 1.82) is 0 Å². The number of aliphatic imine (C=N–C) groups is 2. The van der Waals surface area contributed by atoms with E-state index in [2.05, 4.69) is 207 Å². The predicted molar refractivity (Wildman–Crippen MR) is 229 cm³/mol. The third-order valence-corrected chi connectivity index (χ3v) is 9.44. The molecule has 53 heavy (non-hydrogen) atoms. The van der Waals surface area contributed by atoms with E-state index in [0.29, 0.717) is 0 Å². The van der Waals surface area contributed by atoms with Crippen LogP contribution in [0.5, 0.6) is 0 Å².